The average Bonchev–Trinajstić information content (AvgIpc) is 2.63. The third kappa shape index (κ3) is 3.49. The van der Waals surface area contributed by atoms with E-state index in [0.29, 0.717) is 18.7 Å². The second kappa shape index (κ2) is 7.14. The quantitative estimate of drug-likeness (QED) is 0.817. The molecule has 2 aromatic rings. The number of hydrogen-bond acceptors (Lipinski definition) is 6. The third-order valence-corrected chi connectivity index (χ3v) is 5.75. The first-order valence-electron chi connectivity index (χ1n) is 7.68. The molecule has 0 aliphatic carbocycles. The summed E-state index contributed by atoms with van der Waals surface area (Å²) in [6.45, 7) is 0.717. The van der Waals surface area contributed by atoms with E-state index in [0.717, 1.165) is 6.42 Å². The van der Waals surface area contributed by atoms with Crippen LogP contribution in [0, 0.1) is 0 Å². The molecular formula is C16H19N3O4S. The zero-order valence-corrected chi connectivity index (χ0v) is 14.1. The van der Waals surface area contributed by atoms with E-state index in [1.165, 1.54) is 11.4 Å². The van der Waals surface area contributed by atoms with Gasteiger partial charge in [-0.3, -0.25) is 0 Å². The van der Waals surface area contributed by atoms with Crippen molar-refractivity contribution < 1.29 is 17.9 Å². The summed E-state index contributed by atoms with van der Waals surface area (Å²) >= 11 is 0. The van der Waals surface area contributed by atoms with Gasteiger partial charge in [-0.1, -0.05) is 12.1 Å². The second-order valence-electron chi connectivity index (χ2n) is 5.43. The first-order chi connectivity index (χ1) is 11.6. The first kappa shape index (κ1) is 16.7. The lowest BCUT2D eigenvalue weighted by Gasteiger charge is -2.31. The van der Waals surface area contributed by atoms with Crippen LogP contribution in [0.5, 0.6) is 11.8 Å². The van der Waals surface area contributed by atoms with Crippen molar-refractivity contribution >= 4 is 10.0 Å². The van der Waals surface area contributed by atoms with E-state index in [-0.39, 0.29) is 23.6 Å². The second-order valence-corrected chi connectivity index (χ2v) is 7.33. The molecule has 24 heavy (non-hydrogen) atoms. The molecule has 0 saturated carbocycles. The fourth-order valence-corrected chi connectivity index (χ4v) is 4.35. The fraction of sp³-hybridized carbons (Fsp3) is 0.375. The van der Waals surface area contributed by atoms with E-state index in [4.69, 9.17) is 9.47 Å². The van der Waals surface area contributed by atoms with E-state index < -0.39 is 10.0 Å². The monoisotopic (exact) mass is 349 g/mol. The molecule has 7 nitrogen and oxygen atoms in total. The maximum absolute atomic E-state index is 12.9. The van der Waals surface area contributed by atoms with Gasteiger partial charge in [-0.25, -0.2) is 18.4 Å². The van der Waals surface area contributed by atoms with Crippen molar-refractivity contribution in [1.82, 2.24) is 14.3 Å². The highest BCUT2D eigenvalue weighted by Crippen LogP contribution is 2.28. The largest absolute Gasteiger partial charge is 0.495 e. The summed E-state index contributed by atoms with van der Waals surface area (Å²) in [5, 5.41) is 0. The molecule has 1 aliphatic heterocycles. The number of ether oxygens (including phenoxy) is 2. The van der Waals surface area contributed by atoms with Crippen molar-refractivity contribution in [1.29, 1.82) is 0 Å². The summed E-state index contributed by atoms with van der Waals surface area (Å²) < 4.78 is 38.2. The Balaban J connectivity index is 1.78. The number of aromatic nitrogens is 2. The molecule has 1 aromatic carbocycles. The van der Waals surface area contributed by atoms with Gasteiger partial charge in [0.1, 0.15) is 16.7 Å². The first-order valence-corrected chi connectivity index (χ1v) is 9.12. The van der Waals surface area contributed by atoms with Crippen LogP contribution in [0.25, 0.3) is 0 Å². The number of para-hydroxylation sites is 1. The Kier molecular flexibility index (Phi) is 4.96. The van der Waals surface area contributed by atoms with Crippen LogP contribution in [0.3, 0.4) is 0 Å². The molecule has 0 radical (unpaired) electrons. The standard InChI is InChI=1S/C16H19N3O4S/c1-22-14-7-2-3-8-15(14)24(20,21)19-11-4-6-13(12-19)23-16-17-9-5-10-18-16/h2-3,5,7-10,13H,4,6,11-12H2,1H3/t13-/m0/s1. The van der Waals surface area contributed by atoms with E-state index in [2.05, 4.69) is 9.97 Å². The predicted octanol–water partition coefficient (Wildman–Crippen LogP) is 1.72. The third-order valence-electron chi connectivity index (χ3n) is 3.84. The summed E-state index contributed by atoms with van der Waals surface area (Å²) in [6, 6.07) is 8.59. The molecule has 3 rings (SSSR count). The van der Waals surface area contributed by atoms with Gasteiger partial charge in [0, 0.05) is 18.9 Å². The van der Waals surface area contributed by atoms with Crippen LogP contribution in [-0.2, 0) is 10.0 Å². The zero-order chi connectivity index (χ0) is 17.0. The summed E-state index contributed by atoms with van der Waals surface area (Å²) in [7, 11) is -2.18. The smallest absolute Gasteiger partial charge is 0.316 e. The molecule has 1 atom stereocenters. The van der Waals surface area contributed by atoms with Crippen LogP contribution < -0.4 is 9.47 Å². The van der Waals surface area contributed by atoms with Gasteiger partial charge in [0.15, 0.2) is 0 Å². The van der Waals surface area contributed by atoms with E-state index in [1.807, 2.05) is 0 Å². The van der Waals surface area contributed by atoms with Gasteiger partial charge in [0.2, 0.25) is 10.0 Å². The molecule has 1 aliphatic rings. The van der Waals surface area contributed by atoms with Crippen LogP contribution in [0.1, 0.15) is 12.8 Å². The fourth-order valence-electron chi connectivity index (χ4n) is 2.69. The molecule has 1 saturated heterocycles. The molecule has 1 fully saturated rings. The number of sulfonamides is 1. The van der Waals surface area contributed by atoms with Gasteiger partial charge >= 0.3 is 6.01 Å². The van der Waals surface area contributed by atoms with Crippen molar-refractivity contribution in [2.24, 2.45) is 0 Å². The number of hydrogen-bond donors (Lipinski definition) is 0. The Morgan fingerprint density at radius 2 is 1.92 bits per heavy atom. The van der Waals surface area contributed by atoms with Gasteiger partial charge in [-0.2, -0.15) is 4.31 Å². The number of rotatable bonds is 5. The minimum Gasteiger partial charge on any atom is -0.495 e. The molecule has 128 valence electrons. The normalized spacial score (nSPS) is 19.0. The maximum Gasteiger partial charge on any atom is 0.316 e. The Bertz CT molecular complexity index is 783. The number of benzene rings is 1. The minimum absolute atomic E-state index is 0.170. The van der Waals surface area contributed by atoms with Gasteiger partial charge in [-0.05, 0) is 31.0 Å². The Morgan fingerprint density at radius 3 is 2.67 bits per heavy atom. The number of piperidine rings is 1. The van der Waals surface area contributed by atoms with Crippen molar-refractivity contribution in [3.05, 3.63) is 42.7 Å². The van der Waals surface area contributed by atoms with Crippen LogP contribution in [-0.4, -0.2) is 49.0 Å². The van der Waals surface area contributed by atoms with Gasteiger partial charge in [0.05, 0.1) is 13.7 Å². The summed E-state index contributed by atoms with van der Waals surface area (Å²) in [6.07, 6.45) is 4.39. The highest BCUT2D eigenvalue weighted by atomic mass is 32.2. The van der Waals surface area contributed by atoms with Crippen molar-refractivity contribution in [3.63, 3.8) is 0 Å². The van der Waals surface area contributed by atoms with Crippen LogP contribution in [0.15, 0.2) is 47.6 Å². The SMILES string of the molecule is COc1ccccc1S(=O)(=O)N1CCC[C@H](Oc2ncccn2)C1. The highest BCUT2D eigenvalue weighted by Gasteiger charge is 2.33. The van der Waals surface area contributed by atoms with E-state index in [9.17, 15) is 8.42 Å². The summed E-state index contributed by atoms with van der Waals surface area (Å²) in [5.41, 5.74) is 0. The molecule has 0 bridgehead atoms. The van der Waals surface area contributed by atoms with Crippen molar-refractivity contribution in [3.8, 4) is 11.8 Å². The number of methoxy groups -OCH3 is 1. The lowest BCUT2D eigenvalue weighted by Crippen LogP contribution is -2.44. The molecule has 2 heterocycles. The maximum atomic E-state index is 12.9. The van der Waals surface area contributed by atoms with Crippen molar-refractivity contribution in [2.45, 2.75) is 23.8 Å². The lowest BCUT2D eigenvalue weighted by atomic mass is 10.1. The molecule has 0 spiro atoms. The molecule has 0 unspecified atom stereocenters. The topological polar surface area (TPSA) is 81.6 Å². The number of nitrogens with zero attached hydrogens (tertiary/aromatic N) is 3. The predicted molar refractivity (Wildman–Crippen MR) is 87.4 cm³/mol. The molecule has 0 N–H and O–H groups in total. The van der Waals surface area contributed by atoms with E-state index >= 15 is 0 Å². The summed E-state index contributed by atoms with van der Waals surface area (Å²) in [4.78, 5) is 8.22. The van der Waals surface area contributed by atoms with Crippen LogP contribution in [0.4, 0.5) is 0 Å². The van der Waals surface area contributed by atoms with Gasteiger partial charge in [-0.15, -0.1) is 0 Å². The lowest BCUT2D eigenvalue weighted by molar-refractivity contribution is 0.119. The van der Waals surface area contributed by atoms with Crippen LogP contribution >= 0.6 is 0 Å². The van der Waals surface area contributed by atoms with Gasteiger partial charge in [0.25, 0.3) is 0 Å². The Hall–Kier alpha value is -2.19. The molecular weight excluding hydrogens is 330 g/mol. The Labute approximate surface area is 141 Å². The highest BCUT2D eigenvalue weighted by molar-refractivity contribution is 7.89. The molecule has 1 aromatic heterocycles. The molecule has 8 heteroatoms. The summed E-state index contributed by atoms with van der Waals surface area (Å²) in [5.74, 6) is 0.340. The minimum atomic E-state index is -3.64. The average molecular weight is 349 g/mol. The van der Waals surface area contributed by atoms with Gasteiger partial charge < -0.3 is 9.47 Å². The van der Waals surface area contributed by atoms with Crippen molar-refractivity contribution in [2.75, 3.05) is 20.2 Å². The zero-order valence-electron chi connectivity index (χ0n) is 13.3. The molecule has 0 amide bonds. The van der Waals surface area contributed by atoms with Crippen LogP contribution in [0.2, 0.25) is 0 Å². The Morgan fingerprint density at radius 1 is 1.17 bits per heavy atom. The van der Waals surface area contributed by atoms with E-state index in [1.54, 1.807) is 42.7 Å².